The summed E-state index contributed by atoms with van der Waals surface area (Å²) in [6.45, 7) is 0.996. The van der Waals surface area contributed by atoms with Gasteiger partial charge in [0.25, 0.3) is 0 Å². The van der Waals surface area contributed by atoms with Gasteiger partial charge < -0.3 is 10.1 Å². The molecule has 0 bridgehead atoms. The fraction of sp³-hybridized carbons (Fsp3) is 0.263. The molecule has 0 unspecified atom stereocenters. The highest BCUT2D eigenvalue weighted by molar-refractivity contribution is 5.89. The van der Waals surface area contributed by atoms with E-state index in [0.29, 0.717) is 18.8 Å². The standard InChI is InChI=1S/C19H17F3N2O3/c20-19(21,22)15-5-1-3-13(9-15)11-17(25)23-12-14-4-2-6-16(10-14)24-7-8-27-18(24)26/h1-6,9-10H,7-8,11-12H2,(H,23,25). The average molecular weight is 378 g/mol. The molecular weight excluding hydrogens is 361 g/mol. The zero-order valence-corrected chi connectivity index (χ0v) is 14.3. The highest BCUT2D eigenvalue weighted by Crippen LogP contribution is 2.29. The zero-order valence-electron chi connectivity index (χ0n) is 14.3. The first-order valence-corrected chi connectivity index (χ1v) is 8.29. The van der Waals surface area contributed by atoms with Crippen LogP contribution in [0.25, 0.3) is 0 Å². The normalized spacial score (nSPS) is 14.2. The molecule has 0 atom stereocenters. The number of hydrogen-bond donors (Lipinski definition) is 1. The molecule has 0 saturated carbocycles. The van der Waals surface area contributed by atoms with Crippen molar-refractivity contribution in [1.29, 1.82) is 0 Å². The van der Waals surface area contributed by atoms with E-state index in [1.807, 2.05) is 0 Å². The quantitative estimate of drug-likeness (QED) is 0.866. The summed E-state index contributed by atoms with van der Waals surface area (Å²) in [6, 6.07) is 11.8. The second-order valence-electron chi connectivity index (χ2n) is 6.09. The van der Waals surface area contributed by atoms with Crippen LogP contribution in [-0.4, -0.2) is 25.2 Å². The van der Waals surface area contributed by atoms with Gasteiger partial charge in [-0.2, -0.15) is 13.2 Å². The maximum Gasteiger partial charge on any atom is 0.416 e. The second kappa shape index (κ2) is 7.69. The van der Waals surface area contributed by atoms with Crippen LogP contribution in [-0.2, 0) is 28.7 Å². The van der Waals surface area contributed by atoms with Crippen LogP contribution in [0.5, 0.6) is 0 Å². The largest absolute Gasteiger partial charge is 0.447 e. The number of alkyl halides is 3. The van der Waals surface area contributed by atoms with E-state index in [4.69, 9.17) is 4.74 Å². The Kier molecular flexibility index (Phi) is 5.34. The van der Waals surface area contributed by atoms with Gasteiger partial charge in [-0.25, -0.2) is 4.79 Å². The van der Waals surface area contributed by atoms with Gasteiger partial charge in [0.15, 0.2) is 0 Å². The second-order valence-corrected chi connectivity index (χ2v) is 6.09. The molecule has 1 heterocycles. The van der Waals surface area contributed by atoms with E-state index in [1.165, 1.54) is 17.0 Å². The predicted molar refractivity (Wildman–Crippen MR) is 92.1 cm³/mol. The number of hydrogen-bond acceptors (Lipinski definition) is 3. The van der Waals surface area contributed by atoms with Crippen LogP contribution < -0.4 is 10.2 Å². The lowest BCUT2D eigenvalue weighted by Gasteiger charge is -2.14. The summed E-state index contributed by atoms with van der Waals surface area (Å²) in [7, 11) is 0. The minimum absolute atomic E-state index is 0.151. The molecule has 1 fully saturated rings. The number of benzene rings is 2. The molecule has 1 saturated heterocycles. The molecule has 1 aliphatic rings. The topological polar surface area (TPSA) is 58.6 Å². The molecule has 3 rings (SSSR count). The van der Waals surface area contributed by atoms with E-state index < -0.39 is 17.8 Å². The molecule has 1 N–H and O–H groups in total. The third-order valence-electron chi connectivity index (χ3n) is 4.09. The predicted octanol–water partition coefficient (Wildman–Crippen LogP) is 3.52. The number of rotatable bonds is 5. The number of halogens is 3. The van der Waals surface area contributed by atoms with Gasteiger partial charge in [0.05, 0.1) is 18.5 Å². The first-order valence-electron chi connectivity index (χ1n) is 8.29. The Balaban J connectivity index is 1.59. The van der Waals surface area contributed by atoms with Crippen molar-refractivity contribution in [3.8, 4) is 0 Å². The molecule has 2 aromatic carbocycles. The molecule has 5 nitrogen and oxygen atoms in total. The van der Waals surface area contributed by atoms with Crippen LogP contribution >= 0.6 is 0 Å². The van der Waals surface area contributed by atoms with Crippen molar-refractivity contribution in [3.05, 3.63) is 65.2 Å². The van der Waals surface area contributed by atoms with Gasteiger partial charge in [-0.05, 0) is 29.3 Å². The van der Waals surface area contributed by atoms with E-state index in [-0.39, 0.29) is 24.4 Å². The van der Waals surface area contributed by atoms with Gasteiger partial charge in [-0.1, -0.05) is 30.3 Å². The molecule has 2 aromatic rings. The lowest BCUT2D eigenvalue weighted by atomic mass is 10.1. The number of nitrogens with zero attached hydrogens (tertiary/aromatic N) is 1. The summed E-state index contributed by atoms with van der Waals surface area (Å²) in [6.07, 6.45) is -5.01. The molecule has 8 heteroatoms. The summed E-state index contributed by atoms with van der Waals surface area (Å²) in [5.41, 5.74) is 0.945. The molecule has 0 aromatic heterocycles. The van der Waals surface area contributed by atoms with Crippen molar-refractivity contribution in [3.63, 3.8) is 0 Å². The number of anilines is 1. The monoisotopic (exact) mass is 378 g/mol. The smallest absolute Gasteiger partial charge is 0.416 e. The van der Waals surface area contributed by atoms with Gasteiger partial charge in [0.1, 0.15) is 6.61 Å². The van der Waals surface area contributed by atoms with E-state index in [9.17, 15) is 22.8 Å². The van der Waals surface area contributed by atoms with Crippen LogP contribution in [0, 0.1) is 0 Å². The Morgan fingerprint density at radius 2 is 1.85 bits per heavy atom. The van der Waals surface area contributed by atoms with Gasteiger partial charge >= 0.3 is 12.3 Å². The van der Waals surface area contributed by atoms with E-state index in [1.54, 1.807) is 24.3 Å². The Morgan fingerprint density at radius 1 is 1.11 bits per heavy atom. The Labute approximate surface area is 153 Å². The fourth-order valence-corrected chi connectivity index (χ4v) is 2.77. The van der Waals surface area contributed by atoms with Crippen LogP contribution in [0.3, 0.4) is 0 Å². The Morgan fingerprint density at radius 3 is 2.56 bits per heavy atom. The lowest BCUT2D eigenvalue weighted by molar-refractivity contribution is -0.137. The molecule has 0 spiro atoms. The first kappa shape index (κ1) is 18.8. The summed E-state index contributed by atoms with van der Waals surface area (Å²) < 4.78 is 43.1. The fourth-order valence-electron chi connectivity index (χ4n) is 2.77. The summed E-state index contributed by atoms with van der Waals surface area (Å²) in [5, 5.41) is 2.68. The van der Waals surface area contributed by atoms with Gasteiger partial charge in [-0.15, -0.1) is 0 Å². The Bertz CT molecular complexity index is 852. The summed E-state index contributed by atoms with van der Waals surface area (Å²) in [4.78, 5) is 25.2. The Hall–Kier alpha value is -3.03. The minimum atomic E-state index is -4.44. The van der Waals surface area contributed by atoms with Gasteiger partial charge in [0.2, 0.25) is 5.91 Å². The van der Waals surface area contributed by atoms with Crippen LogP contribution in [0.15, 0.2) is 48.5 Å². The lowest BCUT2D eigenvalue weighted by Crippen LogP contribution is -2.26. The third kappa shape index (κ3) is 4.78. The summed E-state index contributed by atoms with van der Waals surface area (Å²) >= 11 is 0. The summed E-state index contributed by atoms with van der Waals surface area (Å²) in [5.74, 6) is -0.389. The van der Waals surface area contributed by atoms with E-state index in [2.05, 4.69) is 5.32 Å². The molecule has 142 valence electrons. The van der Waals surface area contributed by atoms with Crippen molar-refractivity contribution in [1.82, 2.24) is 5.32 Å². The minimum Gasteiger partial charge on any atom is -0.447 e. The third-order valence-corrected chi connectivity index (χ3v) is 4.09. The number of nitrogens with one attached hydrogen (secondary N) is 1. The molecular formula is C19H17F3N2O3. The number of carbonyl (C=O) groups excluding carboxylic acids is 2. The van der Waals surface area contributed by atoms with Crippen molar-refractivity contribution in [2.75, 3.05) is 18.1 Å². The zero-order chi connectivity index (χ0) is 19.4. The van der Waals surface area contributed by atoms with Crippen molar-refractivity contribution in [2.24, 2.45) is 0 Å². The molecule has 27 heavy (non-hydrogen) atoms. The molecule has 0 aliphatic carbocycles. The highest BCUT2D eigenvalue weighted by atomic mass is 19.4. The maximum absolute atomic E-state index is 12.7. The SMILES string of the molecule is O=C(Cc1cccc(C(F)(F)F)c1)NCc1cccc(N2CCOC2=O)c1. The van der Waals surface area contributed by atoms with E-state index >= 15 is 0 Å². The van der Waals surface area contributed by atoms with Crippen LogP contribution in [0.1, 0.15) is 16.7 Å². The first-order chi connectivity index (χ1) is 12.8. The van der Waals surface area contributed by atoms with E-state index in [0.717, 1.165) is 17.7 Å². The van der Waals surface area contributed by atoms with Gasteiger partial charge in [-0.3, -0.25) is 9.69 Å². The average Bonchev–Trinajstić information content (AvgIpc) is 3.06. The highest BCUT2D eigenvalue weighted by Gasteiger charge is 2.30. The van der Waals surface area contributed by atoms with Crippen molar-refractivity contribution in [2.45, 2.75) is 19.1 Å². The van der Waals surface area contributed by atoms with Crippen molar-refractivity contribution >= 4 is 17.7 Å². The molecule has 2 amide bonds. The maximum atomic E-state index is 12.7. The number of carbonyl (C=O) groups is 2. The van der Waals surface area contributed by atoms with Crippen LogP contribution in [0.4, 0.5) is 23.7 Å². The van der Waals surface area contributed by atoms with Crippen molar-refractivity contribution < 1.29 is 27.5 Å². The number of cyclic esters (lactones) is 1. The molecule has 1 aliphatic heterocycles. The number of ether oxygens (including phenoxy) is 1. The molecule has 0 radical (unpaired) electrons. The number of amides is 2. The van der Waals surface area contributed by atoms with Gasteiger partial charge in [0, 0.05) is 12.2 Å². The van der Waals surface area contributed by atoms with Crippen LogP contribution in [0.2, 0.25) is 0 Å².